The van der Waals surface area contributed by atoms with Crippen LogP contribution < -0.4 is 23.6 Å². The lowest BCUT2D eigenvalue weighted by Crippen LogP contribution is -2.24. The lowest BCUT2D eigenvalue weighted by Gasteiger charge is -2.09. The van der Waals surface area contributed by atoms with E-state index in [1.54, 1.807) is 54.2 Å². The van der Waals surface area contributed by atoms with Gasteiger partial charge in [0.15, 0.2) is 0 Å². The number of aromatic nitrogens is 10. The van der Waals surface area contributed by atoms with E-state index in [2.05, 4.69) is 48.5 Å². The number of sulfonamides is 5. The Kier molecular flexibility index (Phi) is 25.0. The molecule has 0 fully saturated rings. The molecule has 0 unspecified atom stereocenters. The summed E-state index contributed by atoms with van der Waals surface area (Å²) in [6.45, 7) is 13.7. The normalized spacial score (nSPS) is 11.9. The van der Waals surface area contributed by atoms with Crippen molar-refractivity contribution in [2.24, 2.45) is 0 Å². The van der Waals surface area contributed by atoms with Crippen molar-refractivity contribution in [3.63, 3.8) is 0 Å². The molecule has 15 rings (SSSR count). The molecule has 0 radical (unpaired) electrons. The van der Waals surface area contributed by atoms with Crippen LogP contribution in [0.15, 0.2) is 262 Å². The third kappa shape index (κ3) is 20.6. The molecule has 0 bridgehead atoms. The number of rotatable bonds is 20. The molecule has 0 amide bonds. The SMILES string of the molecule is Cc1ccc(S(=O)(=O)NCc2cn3cccc(C)c3n2)cc1C.Cc1ccc(S(=O)(=O)NCc2cn3ccccc3n2)c(C)c1.Cc1cccn2cc(CNS(=O)(=O)c3ccccc3F)nc12.Cc1ccn2cc(CNS(=O)(=O)c3cc(F)ccc3F)nc2c1.O=S(=O)(NCc1cn2ccccc2n1)c1ccc(F)cc1. The summed E-state index contributed by atoms with van der Waals surface area (Å²) in [6.07, 6.45) is 18.1. The number of benzene rings is 5. The third-order valence-electron chi connectivity index (χ3n) is 17.0. The maximum Gasteiger partial charge on any atom is 0.243 e. The van der Waals surface area contributed by atoms with Crippen molar-refractivity contribution < 1.29 is 59.7 Å². The number of halogens is 4. The van der Waals surface area contributed by atoms with Gasteiger partial charge in [0.1, 0.15) is 61.3 Å². The lowest BCUT2D eigenvalue weighted by atomic mass is 10.1. The number of hydrogen-bond donors (Lipinski definition) is 5. The molecule has 0 saturated carbocycles. The Bertz CT molecular complexity index is 6450. The molecule has 0 aliphatic rings. The average Bonchev–Trinajstić information content (AvgIpc) is 1.80. The Morgan fingerprint density at radius 3 is 1.21 bits per heavy atom. The first-order valence-corrected chi connectivity index (χ1v) is 41.3. The van der Waals surface area contributed by atoms with Crippen LogP contribution in [0, 0.1) is 71.7 Å². The Labute approximate surface area is 638 Å². The summed E-state index contributed by atoms with van der Waals surface area (Å²) in [5, 5.41) is 0. The van der Waals surface area contributed by atoms with E-state index in [0.717, 1.165) is 91.9 Å². The van der Waals surface area contributed by atoms with E-state index in [4.69, 9.17) is 0 Å². The Morgan fingerprint density at radius 2 is 0.703 bits per heavy atom. The maximum absolute atomic E-state index is 13.6. The Morgan fingerprint density at radius 1 is 0.288 bits per heavy atom. The standard InChI is InChI=1S/C17H19N3O2S.C16H17N3O2S.C15H13F2N3O2S.C15H14FN3O2S.C14H12FN3O2S/c1-12-6-7-16(9-14(12)3)23(21,22)18-10-15-11-20-8-4-5-13(2)17(20)19-15;1-12-6-7-15(13(2)9-12)22(20,21)17-10-14-11-19-8-4-3-5-16(19)18-14;1-10-4-5-20-9-12(19-15(20)6-10)8-18-23(21,22)14-7-11(16)2-3-13(14)17;1-11-5-4-8-19-10-12(18-15(11)19)9-17-22(20,21)14-7-3-2-6-13(14)16;15-11-4-6-13(7-5-11)21(19,20)16-9-12-10-18-8-2-1-3-14(18)17-12/h4-9,11,18H,10H2,1-3H3;3-9,11,17H,10H2,1-2H3;2-7,9,18H,8H2,1H3;2-8,10,17H,9H2,1H3;1-8,10,16H,9H2. The van der Waals surface area contributed by atoms with Gasteiger partial charge in [0.05, 0.1) is 75.9 Å². The van der Waals surface area contributed by atoms with Crippen LogP contribution in [-0.4, -0.2) is 89.0 Å². The van der Waals surface area contributed by atoms with Crippen LogP contribution in [0.4, 0.5) is 17.6 Å². The maximum atomic E-state index is 13.6. The predicted molar refractivity (Wildman–Crippen MR) is 411 cm³/mol. The third-order valence-corrected chi connectivity index (χ3v) is 24.2. The van der Waals surface area contributed by atoms with Gasteiger partial charge in [0.2, 0.25) is 50.1 Å². The number of nitrogens with zero attached hydrogens (tertiary/aromatic N) is 10. The Hall–Kier alpha value is -11.2. The number of fused-ring (bicyclic) bond motifs is 5. The minimum atomic E-state index is -4.17. The highest BCUT2D eigenvalue weighted by Gasteiger charge is 2.23. The fraction of sp³-hybridized carbons (Fsp3) is 0.156. The summed E-state index contributed by atoms with van der Waals surface area (Å²) in [5.74, 6) is -3.09. The fourth-order valence-electron chi connectivity index (χ4n) is 11.1. The molecule has 15 aromatic rings. The molecule has 0 spiro atoms. The van der Waals surface area contributed by atoms with Crippen LogP contribution in [0.1, 0.15) is 67.4 Å². The van der Waals surface area contributed by atoms with Crippen molar-refractivity contribution in [1.29, 1.82) is 0 Å². The molecule has 0 aliphatic carbocycles. The zero-order chi connectivity index (χ0) is 79.6. The first kappa shape index (κ1) is 80.8. The largest absolute Gasteiger partial charge is 0.307 e. The van der Waals surface area contributed by atoms with Crippen LogP contribution in [0.3, 0.4) is 0 Å². The van der Waals surface area contributed by atoms with E-state index < -0.39 is 78.3 Å². The molecule has 5 N–H and O–H groups in total. The second kappa shape index (κ2) is 34.4. The van der Waals surface area contributed by atoms with Gasteiger partial charge in [-0.15, -0.1) is 0 Å². The quantitative estimate of drug-likeness (QED) is 0.0443. The van der Waals surface area contributed by atoms with E-state index in [1.807, 2.05) is 187 Å². The molecule has 0 aliphatic heterocycles. The average molecular weight is 1610 g/mol. The van der Waals surface area contributed by atoms with Crippen molar-refractivity contribution in [3.05, 3.63) is 329 Å². The number of nitrogens with one attached hydrogen (secondary N) is 5. The monoisotopic (exact) mass is 1610 g/mol. The summed E-state index contributed by atoms with van der Waals surface area (Å²) in [5.41, 5.74) is 13.7. The molecule has 25 nitrogen and oxygen atoms in total. The van der Waals surface area contributed by atoms with E-state index in [1.165, 1.54) is 30.3 Å². The molecular formula is C77H75F4N15O10S5. The van der Waals surface area contributed by atoms with E-state index in [-0.39, 0.29) is 47.4 Å². The van der Waals surface area contributed by atoms with Gasteiger partial charge in [-0.05, 0) is 203 Å². The number of imidazole rings is 5. The second-order valence-electron chi connectivity index (χ2n) is 25.5. The number of pyridine rings is 5. The molecule has 34 heteroatoms. The van der Waals surface area contributed by atoms with Gasteiger partial charge in [-0.3, -0.25) is 0 Å². The summed E-state index contributed by atoms with van der Waals surface area (Å²) in [4.78, 5) is 21.3. The molecular weight excluding hydrogens is 1530 g/mol. The lowest BCUT2D eigenvalue weighted by molar-refractivity contribution is 0.545. The number of aryl methyl sites for hydroxylation is 7. The molecule has 0 atom stereocenters. The van der Waals surface area contributed by atoms with E-state index >= 15 is 0 Å². The summed E-state index contributed by atoms with van der Waals surface area (Å²) in [7, 11) is -18.8. The van der Waals surface area contributed by atoms with Crippen molar-refractivity contribution in [3.8, 4) is 0 Å². The van der Waals surface area contributed by atoms with Crippen LogP contribution in [0.2, 0.25) is 0 Å². The highest BCUT2D eigenvalue weighted by molar-refractivity contribution is 7.90. The van der Waals surface area contributed by atoms with Gasteiger partial charge in [-0.25, -0.2) is 108 Å². The summed E-state index contributed by atoms with van der Waals surface area (Å²) in [6, 6.07) is 45.3. The van der Waals surface area contributed by atoms with Crippen LogP contribution in [0.5, 0.6) is 0 Å². The molecule has 10 heterocycles. The van der Waals surface area contributed by atoms with E-state index in [0.29, 0.717) is 45.1 Å². The zero-order valence-electron chi connectivity index (χ0n) is 60.7. The number of hydrogen-bond acceptors (Lipinski definition) is 15. The van der Waals surface area contributed by atoms with Crippen LogP contribution in [0.25, 0.3) is 28.2 Å². The van der Waals surface area contributed by atoms with Gasteiger partial charge in [0, 0.05) is 62.0 Å². The minimum Gasteiger partial charge on any atom is -0.307 e. The first-order chi connectivity index (χ1) is 52.7. The van der Waals surface area contributed by atoms with Gasteiger partial charge < -0.3 is 22.0 Å². The predicted octanol–water partition coefficient (Wildman–Crippen LogP) is 11.8. The van der Waals surface area contributed by atoms with E-state index in [9.17, 15) is 59.7 Å². The molecule has 5 aromatic carbocycles. The van der Waals surface area contributed by atoms with Gasteiger partial charge in [-0.1, -0.05) is 60.2 Å². The summed E-state index contributed by atoms with van der Waals surface area (Å²) >= 11 is 0. The van der Waals surface area contributed by atoms with Gasteiger partial charge in [0.25, 0.3) is 0 Å². The Balaban J connectivity index is 0.000000137. The fourth-order valence-corrected chi connectivity index (χ4v) is 16.6. The molecule has 10 aromatic heterocycles. The highest BCUT2D eigenvalue weighted by atomic mass is 32.2. The van der Waals surface area contributed by atoms with Crippen molar-refractivity contribution >= 4 is 78.4 Å². The molecule has 111 heavy (non-hydrogen) atoms. The molecule has 0 saturated heterocycles. The zero-order valence-corrected chi connectivity index (χ0v) is 64.7. The first-order valence-electron chi connectivity index (χ1n) is 33.9. The van der Waals surface area contributed by atoms with Crippen molar-refractivity contribution in [2.75, 3.05) is 0 Å². The smallest absolute Gasteiger partial charge is 0.243 e. The van der Waals surface area contributed by atoms with Crippen LogP contribution in [-0.2, 0) is 82.8 Å². The van der Waals surface area contributed by atoms with Crippen molar-refractivity contribution in [2.45, 2.75) is 106 Å². The van der Waals surface area contributed by atoms with Crippen molar-refractivity contribution in [1.82, 2.24) is 70.5 Å². The highest BCUT2D eigenvalue weighted by Crippen LogP contribution is 2.22. The second-order valence-corrected chi connectivity index (χ2v) is 34.2. The minimum absolute atomic E-state index is 0.00219. The summed E-state index contributed by atoms with van der Waals surface area (Å²) < 4.78 is 197. The van der Waals surface area contributed by atoms with Gasteiger partial charge >= 0.3 is 0 Å². The topological polar surface area (TPSA) is 317 Å². The molecule has 576 valence electrons. The van der Waals surface area contributed by atoms with Crippen LogP contribution >= 0.6 is 0 Å². The van der Waals surface area contributed by atoms with Gasteiger partial charge in [-0.2, -0.15) is 0 Å².